The van der Waals surface area contributed by atoms with Crippen molar-refractivity contribution >= 4 is 17.7 Å². The summed E-state index contributed by atoms with van der Waals surface area (Å²) in [5.41, 5.74) is 0. The second-order valence-corrected chi connectivity index (χ2v) is 7.26. The van der Waals surface area contributed by atoms with Gasteiger partial charge < -0.3 is 9.67 Å². The topological polar surface area (TPSA) is 68.0 Å². The number of carboxylic acid groups (broad SMARTS) is 1. The van der Waals surface area contributed by atoms with Gasteiger partial charge in [0.2, 0.25) is 0 Å². The van der Waals surface area contributed by atoms with Crippen LogP contribution in [0, 0.1) is 5.92 Å². The van der Waals surface area contributed by atoms with Gasteiger partial charge in [-0.2, -0.15) is 0 Å². The summed E-state index contributed by atoms with van der Waals surface area (Å²) in [5, 5.41) is 18.2. The monoisotopic (exact) mass is 311 g/mol. The Balaban J connectivity index is 2.24. The number of carboxylic acids is 1. The Kier molecular flexibility index (Phi) is 5.67. The minimum Gasteiger partial charge on any atom is -0.481 e. The molecule has 1 aromatic rings. The minimum absolute atomic E-state index is 0.0410. The summed E-state index contributed by atoms with van der Waals surface area (Å²) in [6.45, 7) is 6.55. The summed E-state index contributed by atoms with van der Waals surface area (Å²) >= 11 is 1.28. The van der Waals surface area contributed by atoms with Crippen molar-refractivity contribution in [1.29, 1.82) is 0 Å². The lowest BCUT2D eigenvalue weighted by atomic mass is 10.0. The molecule has 0 amide bonds. The number of hydrogen-bond acceptors (Lipinski definition) is 4. The summed E-state index contributed by atoms with van der Waals surface area (Å²) in [4.78, 5) is 10.8. The molecule has 1 aliphatic carbocycles. The van der Waals surface area contributed by atoms with E-state index in [0.717, 1.165) is 29.7 Å². The molecule has 1 saturated carbocycles. The van der Waals surface area contributed by atoms with Crippen molar-refractivity contribution in [2.75, 3.05) is 5.75 Å². The molecule has 1 aromatic heterocycles. The Labute approximate surface area is 130 Å². The third-order valence-electron chi connectivity index (χ3n) is 4.12. The fourth-order valence-electron chi connectivity index (χ4n) is 2.98. The lowest BCUT2D eigenvalue weighted by molar-refractivity contribution is -0.133. The van der Waals surface area contributed by atoms with Crippen molar-refractivity contribution in [3.8, 4) is 0 Å². The molecule has 1 N–H and O–H groups in total. The number of aliphatic carboxylic acids is 1. The molecule has 0 bridgehead atoms. The molecule has 6 heteroatoms. The minimum atomic E-state index is -0.810. The summed E-state index contributed by atoms with van der Waals surface area (Å²) < 4.78 is 2.22. The molecule has 0 aliphatic heterocycles. The predicted octanol–water partition coefficient (Wildman–Crippen LogP) is 3.72. The fraction of sp³-hybridized carbons (Fsp3) is 0.800. The number of carbonyl (C=O) groups is 1. The standard InChI is InChI=1S/C15H25N3O2S/c1-10(2)14-16-17-15(21-9-13(19)20)18(14)12-6-4-5-11(3)7-8-12/h10-12H,4-9H2,1-3H3,(H,19,20). The number of thioether (sulfide) groups is 1. The Morgan fingerprint density at radius 3 is 2.76 bits per heavy atom. The van der Waals surface area contributed by atoms with Gasteiger partial charge >= 0.3 is 5.97 Å². The molecular formula is C15H25N3O2S. The Bertz CT molecular complexity index is 487. The number of aromatic nitrogens is 3. The van der Waals surface area contributed by atoms with Gasteiger partial charge in [-0.25, -0.2) is 0 Å². The summed E-state index contributed by atoms with van der Waals surface area (Å²) in [5.74, 6) is 1.30. The van der Waals surface area contributed by atoms with Gasteiger partial charge in [0.25, 0.3) is 0 Å². The van der Waals surface area contributed by atoms with Crippen molar-refractivity contribution in [3.63, 3.8) is 0 Å². The van der Waals surface area contributed by atoms with E-state index in [0.29, 0.717) is 12.0 Å². The number of rotatable bonds is 5. The van der Waals surface area contributed by atoms with Crippen molar-refractivity contribution in [3.05, 3.63) is 5.82 Å². The molecule has 0 saturated heterocycles. The number of nitrogens with zero attached hydrogens (tertiary/aromatic N) is 3. The van der Waals surface area contributed by atoms with E-state index in [1.165, 1.54) is 31.0 Å². The maximum Gasteiger partial charge on any atom is 0.313 e. The van der Waals surface area contributed by atoms with Crippen LogP contribution in [0.15, 0.2) is 5.16 Å². The van der Waals surface area contributed by atoms with Crippen molar-refractivity contribution < 1.29 is 9.90 Å². The zero-order chi connectivity index (χ0) is 15.4. The van der Waals surface area contributed by atoms with Crippen LogP contribution in [0.3, 0.4) is 0 Å². The second-order valence-electron chi connectivity index (χ2n) is 6.32. The van der Waals surface area contributed by atoms with Crippen molar-refractivity contribution in [1.82, 2.24) is 14.8 Å². The highest BCUT2D eigenvalue weighted by atomic mass is 32.2. The van der Waals surface area contributed by atoms with E-state index >= 15 is 0 Å². The first-order valence-electron chi connectivity index (χ1n) is 7.78. The molecule has 0 radical (unpaired) electrons. The first-order chi connectivity index (χ1) is 9.99. The van der Waals surface area contributed by atoms with Crippen molar-refractivity contribution in [2.24, 2.45) is 5.92 Å². The first kappa shape index (κ1) is 16.3. The molecule has 0 spiro atoms. The molecule has 2 unspecified atom stereocenters. The first-order valence-corrected chi connectivity index (χ1v) is 8.77. The van der Waals surface area contributed by atoms with Crippen LogP contribution in [0.25, 0.3) is 0 Å². The van der Waals surface area contributed by atoms with E-state index in [-0.39, 0.29) is 5.75 Å². The molecule has 1 fully saturated rings. The average Bonchev–Trinajstić information content (AvgIpc) is 2.73. The van der Waals surface area contributed by atoms with Gasteiger partial charge in [0, 0.05) is 12.0 Å². The Morgan fingerprint density at radius 2 is 2.10 bits per heavy atom. The van der Waals surface area contributed by atoms with E-state index in [9.17, 15) is 4.79 Å². The summed E-state index contributed by atoms with van der Waals surface area (Å²) in [7, 11) is 0. The highest BCUT2D eigenvalue weighted by Crippen LogP contribution is 2.35. The molecule has 1 heterocycles. The van der Waals surface area contributed by atoms with Crippen molar-refractivity contribution in [2.45, 2.75) is 70.0 Å². The molecule has 118 valence electrons. The number of hydrogen-bond donors (Lipinski definition) is 1. The van der Waals surface area contributed by atoms with Crippen LogP contribution in [-0.2, 0) is 4.79 Å². The van der Waals surface area contributed by atoms with E-state index in [1.54, 1.807) is 0 Å². The largest absolute Gasteiger partial charge is 0.481 e. The van der Waals surface area contributed by atoms with Crippen LogP contribution in [0.4, 0.5) is 0 Å². The van der Waals surface area contributed by atoms with Gasteiger partial charge in [0.05, 0.1) is 5.75 Å². The molecule has 21 heavy (non-hydrogen) atoms. The molecule has 5 nitrogen and oxygen atoms in total. The Morgan fingerprint density at radius 1 is 1.33 bits per heavy atom. The molecular weight excluding hydrogens is 286 g/mol. The third-order valence-corrected chi connectivity index (χ3v) is 5.05. The van der Waals surface area contributed by atoms with Gasteiger partial charge in [-0.05, 0) is 25.2 Å². The average molecular weight is 311 g/mol. The van der Waals surface area contributed by atoms with Gasteiger partial charge in [0.1, 0.15) is 5.82 Å². The van der Waals surface area contributed by atoms with E-state index in [4.69, 9.17) is 5.11 Å². The second kappa shape index (κ2) is 7.29. The van der Waals surface area contributed by atoms with E-state index < -0.39 is 5.97 Å². The van der Waals surface area contributed by atoms with Crippen LogP contribution >= 0.6 is 11.8 Å². The molecule has 2 rings (SSSR count). The summed E-state index contributed by atoms with van der Waals surface area (Å²) in [6, 6.07) is 0.415. The quantitative estimate of drug-likeness (QED) is 0.663. The summed E-state index contributed by atoms with van der Waals surface area (Å²) in [6.07, 6.45) is 6.02. The Hall–Kier alpha value is -1.04. The van der Waals surface area contributed by atoms with Crippen LogP contribution in [-0.4, -0.2) is 31.6 Å². The maximum atomic E-state index is 10.8. The van der Waals surface area contributed by atoms with Crippen LogP contribution in [0.1, 0.15) is 70.7 Å². The zero-order valence-electron chi connectivity index (χ0n) is 13.1. The molecule has 1 aliphatic rings. The fourth-order valence-corrected chi connectivity index (χ4v) is 3.71. The van der Waals surface area contributed by atoms with E-state index in [2.05, 4.69) is 35.5 Å². The van der Waals surface area contributed by atoms with Gasteiger partial charge in [-0.3, -0.25) is 4.79 Å². The SMILES string of the molecule is CC1CCCC(n2c(SCC(=O)O)nnc2C(C)C)CC1. The smallest absolute Gasteiger partial charge is 0.313 e. The third kappa shape index (κ3) is 4.22. The van der Waals surface area contributed by atoms with Crippen LogP contribution in [0.5, 0.6) is 0 Å². The highest BCUT2D eigenvalue weighted by molar-refractivity contribution is 7.99. The lowest BCUT2D eigenvalue weighted by Gasteiger charge is -2.21. The van der Waals surface area contributed by atoms with Gasteiger partial charge in [-0.15, -0.1) is 10.2 Å². The van der Waals surface area contributed by atoms with Gasteiger partial charge in [-0.1, -0.05) is 45.4 Å². The molecule has 2 atom stereocenters. The maximum absolute atomic E-state index is 10.8. The van der Waals surface area contributed by atoms with Gasteiger partial charge in [0.15, 0.2) is 5.16 Å². The van der Waals surface area contributed by atoms with E-state index in [1.807, 2.05) is 0 Å². The molecule has 0 aromatic carbocycles. The van der Waals surface area contributed by atoms with Crippen LogP contribution < -0.4 is 0 Å². The lowest BCUT2D eigenvalue weighted by Crippen LogP contribution is -2.15. The zero-order valence-corrected chi connectivity index (χ0v) is 13.9. The predicted molar refractivity (Wildman–Crippen MR) is 83.8 cm³/mol. The normalized spacial score (nSPS) is 23.2. The van der Waals surface area contributed by atoms with Crippen LogP contribution in [0.2, 0.25) is 0 Å². The highest BCUT2D eigenvalue weighted by Gasteiger charge is 2.25.